The van der Waals surface area contributed by atoms with Gasteiger partial charge in [-0.1, -0.05) is 0 Å². The van der Waals surface area contributed by atoms with Crippen LogP contribution >= 0.6 is 27.3 Å². The Morgan fingerprint density at radius 3 is 2.50 bits per heavy atom. The molecule has 0 aliphatic carbocycles. The van der Waals surface area contributed by atoms with Gasteiger partial charge in [-0.3, -0.25) is 4.90 Å². The van der Waals surface area contributed by atoms with Crippen LogP contribution < -0.4 is 5.32 Å². The van der Waals surface area contributed by atoms with E-state index >= 15 is 0 Å². The fraction of sp³-hybridized carbons (Fsp3) is 0.714. The number of halogens is 1. The van der Waals surface area contributed by atoms with E-state index in [9.17, 15) is 0 Å². The van der Waals surface area contributed by atoms with Crippen molar-refractivity contribution in [2.75, 3.05) is 13.1 Å². The Morgan fingerprint density at radius 1 is 1.33 bits per heavy atom. The van der Waals surface area contributed by atoms with Crippen LogP contribution in [0.2, 0.25) is 0 Å². The van der Waals surface area contributed by atoms with Crippen LogP contribution in [-0.4, -0.2) is 29.6 Å². The van der Waals surface area contributed by atoms with Gasteiger partial charge in [0.1, 0.15) is 0 Å². The van der Waals surface area contributed by atoms with Gasteiger partial charge in [-0.2, -0.15) is 11.3 Å². The minimum atomic E-state index is 0.321. The molecule has 0 saturated carbocycles. The van der Waals surface area contributed by atoms with Crippen molar-refractivity contribution in [3.8, 4) is 0 Å². The molecule has 2 rings (SSSR count). The van der Waals surface area contributed by atoms with Crippen molar-refractivity contribution in [1.29, 1.82) is 0 Å². The van der Waals surface area contributed by atoms with E-state index in [0.29, 0.717) is 11.6 Å². The fourth-order valence-electron chi connectivity index (χ4n) is 2.44. The van der Waals surface area contributed by atoms with E-state index < -0.39 is 0 Å². The van der Waals surface area contributed by atoms with E-state index in [1.165, 1.54) is 36.0 Å². The Labute approximate surface area is 123 Å². The molecular formula is C14H23BrN2S. The molecule has 0 atom stereocenters. The molecule has 1 aromatic rings. The van der Waals surface area contributed by atoms with E-state index in [0.717, 1.165) is 6.54 Å². The second-order valence-corrected chi connectivity index (χ2v) is 7.66. The summed E-state index contributed by atoms with van der Waals surface area (Å²) in [6.45, 7) is 10.3. The van der Waals surface area contributed by atoms with Crippen molar-refractivity contribution >= 4 is 27.3 Å². The zero-order valence-corrected chi connectivity index (χ0v) is 13.9. The SMILES string of the molecule is CC(C)(C)N1CCC(NCc2cscc2Br)CC1. The molecule has 2 nitrogen and oxygen atoms in total. The average Bonchev–Trinajstić information content (AvgIpc) is 2.72. The molecule has 0 unspecified atom stereocenters. The van der Waals surface area contributed by atoms with Gasteiger partial charge in [0.2, 0.25) is 0 Å². The van der Waals surface area contributed by atoms with Gasteiger partial charge in [-0.05, 0) is 60.5 Å². The van der Waals surface area contributed by atoms with Crippen LogP contribution in [0.25, 0.3) is 0 Å². The van der Waals surface area contributed by atoms with Gasteiger partial charge >= 0.3 is 0 Å². The van der Waals surface area contributed by atoms with E-state index in [1.54, 1.807) is 11.3 Å². The largest absolute Gasteiger partial charge is 0.310 e. The van der Waals surface area contributed by atoms with Crippen LogP contribution in [0.4, 0.5) is 0 Å². The summed E-state index contributed by atoms with van der Waals surface area (Å²) in [5.74, 6) is 0. The van der Waals surface area contributed by atoms with Crippen LogP contribution in [0.1, 0.15) is 39.2 Å². The maximum Gasteiger partial charge on any atom is 0.0327 e. The maximum absolute atomic E-state index is 3.69. The number of nitrogens with zero attached hydrogens (tertiary/aromatic N) is 1. The summed E-state index contributed by atoms with van der Waals surface area (Å²) in [7, 11) is 0. The molecule has 4 heteroatoms. The molecule has 1 N–H and O–H groups in total. The summed E-state index contributed by atoms with van der Waals surface area (Å²) in [6.07, 6.45) is 2.53. The zero-order valence-electron chi connectivity index (χ0n) is 11.5. The highest BCUT2D eigenvalue weighted by Gasteiger charge is 2.26. The van der Waals surface area contributed by atoms with Gasteiger partial charge in [0.05, 0.1) is 0 Å². The summed E-state index contributed by atoms with van der Waals surface area (Å²) < 4.78 is 1.24. The Bertz CT molecular complexity index is 375. The van der Waals surface area contributed by atoms with E-state index in [4.69, 9.17) is 0 Å². The number of rotatable bonds is 3. The lowest BCUT2D eigenvalue weighted by atomic mass is 9.98. The molecule has 102 valence electrons. The minimum Gasteiger partial charge on any atom is -0.310 e. The summed E-state index contributed by atoms with van der Waals surface area (Å²) in [5, 5.41) is 8.06. The predicted octanol–water partition coefficient (Wildman–Crippen LogP) is 3.86. The topological polar surface area (TPSA) is 15.3 Å². The van der Waals surface area contributed by atoms with Gasteiger partial charge < -0.3 is 5.32 Å². The molecule has 1 fully saturated rings. The van der Waals surface area contributed by atoms with Gasteiger partial charge in [-0.25, -0.2) is 0 Å². The highest BCUT2D eigenvalue weighted by molar-refractivity contribution is 9.10. The summed E-state index contributed by atoms with van der Waals surface area (Å²) in [5.41, 5.74) is 1.71. The highest BCUT2D eigenvalue weighted by Crippen LogP contribution is 2.23. The fourth-order valence-corrected chi connectivity index (χ4v) is 3.89. The summed E-state index contributed by atoms with van der Waals surface area (Å²) >= 11 is 5.35. The van der Waals surface area contributed by atoms with Crippen molar-refractivity contribution < 1.29 is 0 Å². The third-order valence-electron chi connectivity index (χ3n) is 3.71. The van der Waals surface area contributed by atoms with Crippen molar-refractivity contribution in [1.82, 2.24) is 10.2 Å². The van der Waals surface area contributed by atoms with Crippen molar-refractivity contribution in [3.05, 3.63) is 20.8 Å². The number of thiophene rings is 1. The minimum absolute atomic E-state index is 0.321. The molecule has 0 bridgehead atoms. The second-order valence-electron chi connectivity index (χ2n) is 6.06. The van der Waals surface area contributed by atoms with Crippen LogP contribution in [0.5, 0.6) is 0 Å². The standard InChI is InChI=1S/C14H23BrN2S/c1-14(2,3)17-6-4-12(5-7-17)16-8-11-9-18-10-13(11)15/h9-10,12,16H,4-8H2,1-3H3. The average molecular weight is 331 g/mol. The second kappa shape index (κ2) is 6.04. The maximum atomic E-state index is 3.69. The van der Waals surface area contributed by atoms with Crippen molar-refractivity contribution in [2.45, 2.75) is 51.7 Å². The molecule has 18 heavy (non-hydrogen) atoms. The summed E-state index contributed by atoms with van der Waals surface area (Å²) in [4.78, 5) is 2.59. The van der Waals surface area contributed by atoms with Crippen molar-refractivity contribution in [2.24, 2.45) is 0 Å². The third kappa shape index (κ3) is 3.80. The first-order valence-corrected chi connectivity index (χ1v) is 8.39. The lowest BCUT2D eigenvalue weighted by molar-refractivity contribution is 0.0960. The Hall–Kier alpha value is 0.100. The number of nitrogens with one attached hydrogen (secondary N) is 1. The van der Waals surface area contributed by atoms with Crippen LogP contribution in [0.15, 0.2) is 15.2 Å². The predicted molar refractivity (Wildman–Crippen MR) is 83.2 cm³/mol. The Morgan fingerprint density at radius 2 is 2.00 bits per heavy atom. The lowest BCUT2D eigenvalue weighted by Gasteiger charge is -2.41. The van der Waals surface area contributed by atoms with Crippen molar-refractivity contribution in [3.63, 3.8) is 0 Å². The van der Waals surface area contributed by atoms with Crippen LogP contribution in [-0.2, 0) is 6.54 Å². The first kappa shape index (κ1) is 14.5. The first-order valence-electron chi connectivity index (χ1n) is 6.66. The quantitative estimate of drug-likeness (QED) is 0.905. The molecule has 0 aromatic carbocycles. The molecule has 0 amide bonds. The molecule has 1 saturated heterocycles. The third-order valence-corrected chi connectivity index (χ3v) is 5.55. The Kier molecular flexibility index (Phi) is 4.86. The lowest BCUT2D eigenvalue weighted by Crippen LogP contribution is -2.49. The van der Waals surface area contributed by atoms with Gasteiger partial charge in [-0.15, -0.1) is 0 Å². The number of hydrogen-bond donors (Lipinski definition) is 1. The van der Waals surface area contributed by atoms with Gasteiger partial charge in [0, 0.05) is 41.1 Å². The van der Waals surface area contributed by atoms with E-state index in [2.05, 4.69) is 57.7 Å². The smallest absolute Gasteiger partial charge is 0.0327 e. The van der Waals surface area contributed by atoms with Crippen LogP contribution in [0, 0.1) is 0 Å². The van der Waals surface area contributed by atoms with Gasteiger partial charge in [0.15, 0.2) is 0 Å². The first-order chi connectivity index (χ1) is 8.47. The Balaban J connectivity index is 1.76. The van der Waals surface area contributed by atoms with Crippen LogP contribution in [0.3, 0.4) is 0 Å². The molecule has 0 radical (unpaired) electrons. The highest BCUT2D eigenvalue weighted by atomic mass is 79.9. The number of piperidine rings is 1. The molecule has 1 aliphatic rings. The molecular weight excluding hydrogens is 308 g/mol. The zero-order chi connectivity index (χ0) is 13.2. The van der Waals surface area contributed by atoms with Gasteiger partial charge in [0.25, 0.3) is 0 Å². The summed E-state index contributed by atoms with van der Waals surface area (Å²) in [6, 6.07) is 0.676. The molecule has 2 heterocycles. The number of hydrogen-bond acceptors (Lipinski definition) is 3. The number of likely N-dealkylation sites (tertiary alicyclic amines) is 1. The van der Waals surface area contributed by atoms with E-state index in [1.807, 2.05) is 0 Å². The molecule has 0 spiro atoms. The monoisotopic (exact) mass is 330 g/mol. The molecule has 1 aromatic heterocycles. The molecule has 1 aliphatic heterocycles. The van der Waals surface area contributed by atoms with E-state index in [-0.39, 0.29) is 0 Å². The normalized spacial score (nSPS) is 19.3.